The van der Waals surface area contributed by atoms with Crippen molar-refractivity contribution in [1.82, 2.24) is 4.90 Å². The summed E-state index contributed by atoms with van der Waals surface area (Å²) >= 11 is 0. The van der Waals surface area contributed by atoms with Crippen LogP contribution >= 0.6 is 0 Å². The third-order valence-electron chi connectivity index (χ3n) is 8.59. The second kappa shape index (κ2) is 8.56. The van der Waals surface area contributed by atoms with Crippen molar-refractivity contribution in [2.75, 3.05) is 20.2 Å². The van der Waals surface area contributed by atoms with Crippen LogP contribution in [0.1, 0.15) is 69.4 Å². The zero-order valence-corrected chi connectivity index (χ0v) is 19.8. The summed E-state index contributed by atoms with van der Waals surface area (Å²) in [5.41, 5.74) is 4.39. The van der Waals surface area contributed by atoms with Crippen molar-refractivity contribution in [3.8, 4) is 22.9 Å². The molecule has 3 unspecified atom stereocenters. The monoisotopic (exact) mass is 428 g/mol. The van der Waals surface area contributed by atoms with E-state index in [1.165, 1.54) is 68.3 Å². The number of piperidine rings is 1. The first-order chi connectivity index (χ1) is 15.5. The van der Waals surface area contributed by atoms with E-state index in [2.05, 4.69) is 53.4 Å². The molecule has 168 valence electrons. The molecule has 2 aromatic rings. The molecule has 0 radical (unpaired) electrons. The first kappa shape index (κ1) is 21.5. The molecule has 0 aromatic heterocycles. The van der Waals surface area contributed by atoms with Gasteiger partial charge in [-0.25, -0.2) is 0 Å². The highest BCUT2D eigenvalue weighted by molar-refractivity contribution is 5.66. The van der Waals surface area contributed by atoms with Crippen molar-refractivity contribution in [2.45, 2.75) is 69.7 Å². The summed E-state index contributed by atoms with van der Waals surface area (Å²) in [6.07, 6.45) is 8.34. The predicted molar refractivity (Wildman–Crippen MR) is 130 cm³/mol. The molecule has 2 aromatic carbocycles. The fourth-order valence-corrected chi connectivity index (χ4v) is 6.58. The number of nitriles is 1. The zero-order valence-electron chi connectivity index (χ0n) is 19.8. The van der Waals surface area contributed by atoms with Gasteiger partial charge in [-0.05, 0) is 111 Å². The molecule has 2 bridgehead atoms. The number of hydrogen-bond donors (Lipinski definition) is 0. The molecule has 3 aliphatic rings. The van der Waals surface area contributed by atoms with Crippen LogP contribution in [0.4, 0.5) is 0 Å². The van der Waals surface area contributed by atoms with Crippen LogP contribution in [-0.4, -0.2) is 31.1 Å². The maximum Gasteiger partial charge on any atom is 0.122 e. The SMILES string of the molecule is COc1ccc(-c2ccc(C(C)(C)C#N)cc2)cc1C1CCN(C2CC3CCC2C3)CC1. The molecule has 1 heterocycles. The highest BCUT2D eigenvalue weighted by atomic mass is 16.5. The van der Waals surface area contributed by atoms with Crippen molar-refractivity contribution >= 4 is 0 Å². The molecule has 3 fully saturated rings. The normalized spacial score (nSPS) is 26.2. The van der Waals surface area contributed by atoms with Crippen LogP contribution < -0.4 is 4.74 Å². The molecular formula is C29H36N2O. The van der Waals surface area contributed by atoms with Gasteiger partial charge in [-0.1, -0.05) is 36.8 Å². The number of rotatable bonds is 5. The predicted octanol–water partition coefficient (Wildman–Crippen LogP) is 6.53. The lowest BCUT2D eigenvalue weighted by Crippen LogP contribution is -2.43. The molecule has 1 saturated heterocycles. The molecule has 0 spiro atoms. The molecule has 2 saturated carbocycles. The number of methoxy groups -OCH3 is 1. The quantitative estimate of drug-likeness (QED) is 0.543. The largest absolute Gasteiger partial charge is 0.496 e. The van der Waals surface area contributed by atoms with E-state index in [9.17, 15) is 5.26 Å². The molecule has 3 atom stereocenters. The Kier molecular flexibility index (Phi) is 5.76. The fraction of sp³-hybridized carbons (Fsp3) is 0.552. The summed E-state index contributed by atoms with van der Waals surface area (Å²) in [6, 6.07) is 18.4. The van der Waals surface area contributed by atoms with Gasteiger partial charge in [0.05, 0.1) is 18.6 Å². The maximum atomic E-state index is 9.42. The Morgan fingerprint density at radius 1 is 0.938 bits per heavy atom. The average Bonchev–Trinajstić information content (AvgIpc) is 3.48. The van der Waals surface area contributed by atoms with Gasteiger partial charge >= 0.3 is 0 Å². The summed E-state index contributed by atoms with van der Waals surface area (Å²) < 4.78 is 5.79. The zero-order chi connectivity index (χ0) is 22.3. The van der Waals surface area contributed by atoms with Crippen LogP contribution in [0.15, 0.2) is 42.5 Å². The smallest absolute Gasteiger partial charge is 0.122 e. The minimum atomic E-state index is -0.462. The molecule has 5 rings (SSSR count). The van der Waals surface area contributed by atoms with Crippen molar-refractivity contribution in [2.24, 2.45) is 11.8 Å². The summed E-state index contributed by atoms with van der Waals surface area (Å²) in [4.78, 5) is 2.81. The van der Waals surface area contributed by atoms with Crippen LogP contribution in [0.2, 0.25) is 0 Å². The Hall–Kier alpha value is -2.31. The Bertz CT molecular complexity index is 995. The first-order valence-electron chi connectivity index (χ1n) is 12.4. The molecule has 1 aliphatic heterocycles. The maximum absolute atomic E-state index is 9.42. The van der Waals surface area contributed by atoms with E-state index < -0.39 is 5.41 Å². The molecule has 3 heteroatoms. The molecule has 0 N–H and O–H groups in total. The van der Waals surface area contributed by atoms with Crippen molar-refractivity contribution in [3.05, 3.63) is 53.6 Å². The molecule has 2 aliphatic carbocycles. The van der Waals surface area contributed by atoms with E-state index in [-0.39, 0.29) is 0 Å². The summed E-state index contributed by atoms with van der Waals surface area (Å²) in [7, 11) is 1.79. The third kappa shape index (κ3) is 3.95. The van der Waals surface area contributed by atoms with Gasteiger partial charge in [0.2, 0.25) is 0 Å². The van der Waals surface area contributed by atoms with Gasteiger partial charge in [-0.15, -0.1) is 0 Å². The number of benzene rings is 2. The van der Waals surface area contributed by atoms with Crippen LogP contribution in [-0.2, 0) is 5.41 Å². The van der Waals surface area contributed by atoms with E-state index in [0.29, 0.717) is 5.92 Å². The Morgan fingerprint density at radius 3 is 2.25 bits per heavy atom. The number of likely N-dealkylation sites (tertiary alicyclic amines) is 1. The van der Waals surface area contributed by atoms with E-state index in [1.807, 2.05) is 13.8 Å². The highest BCUT2D eigenvalue weighted by Gasteiger charge is 2.43. The molecule has 32 heavy (non-hydrogen) atoms. The number of fused-ring (bicyclic) bond motifs is 2. The first-order valence-corrected chi connectivity index (χ1v) is 12.4. The van der Waals surface area contributed by atoms with Crippen LogP contribution in [0.5, 0.6) is 5.75 Å². The molecule has 0 amide bonds. The van der Waals surface area contributed by atoms with E-state index in [4.69, 9.17) is 4.74 Å². The third-order valence-corrected chi connectivity index (χ3v) is 8.59. The standard InChI is InChI=1S/C29H36N2O/c1-29(2,19-30)25-9-6-21(7-10-25)23-8-11-28(32-3)26(18-23)22-12-14-31(15-13-22)27-17-20-4-5-24(27)16-20/h6-11,18,20,22,24,27H,4-5,12-17H2,1-3H3. The van der Waals surface area contributed by atoms with E-state index in [1.54, 1.807) is 7.11 Å². The lowest BCUT2D eigenvalue weighted by molar-refractivity contribution is 0.110. The van der Waals surface area contributed by atoms with Gasteiger partial charge in [-0.2, -0.15) is 5.26 Å². The van der Waals surface area contributed by atoms with Gasteiger partial charge in [-0.3, -0.25) is 0 Å². The second-order valence-electron chi connectivity index (χ2n) is 10.8. The average molecular weight is 429 g/mol. The van der Waals surface area contributed by atoms with Gasteiger partial charge in [0, 0.05) is 6.04 Å². The van der Waals surface area contributed by atoms with Gasteiger partial charge in [0.1, 0.15) is 5.75 Å². The Balaban J connectivity index is 1.32. The number of hydrogen-bond acceptors (Lipinski definition) is 3. The minimum Gasteiger partial charge on any atom is -0.496 e. The van der Waals surface area contributed by atoms with Gasteiger partial charge in [0.25, 0.3) is 0 Å². The van der Waals surface area contributed by atoms with E-state index in [0.717, 1.165) is 29.2 Å². The number of ether oxygens (including phenoxy) is 1. The van der Waals surface area contributed by atoms with E-state index >= 15 is 0 Å². The van der Waals surface area contributed by atoms with Gasteiger partial charge in [0.15, 0.2) is 0 Å². The van der Waals surface area contributed by atoms with Crippen LogP contribution in [0.25, 0.3) is 11.1 Å². The summed E-state index contributed by atoms with van der Waals surface area (Å²) in [5.74, 6) is 3.58. The summed E-state index contributed by atoms with van der Waals surface area (Å²) in [6.45, 7) is 6.39. The summed E-state index contributed by atoms with van der Waals surface area (Å²) in [5, 5.41) is 9.42. The van der Waals surface area contributed by atoms with Crippen molar-refractivity contribution in [3.63, 3.8) is 0 Å². The Labute approximate surface area is 193 Å². The highest BCUT2D eigenvalue weighted by Crippen LogP contribution is 2.48. The van der Waals surface area contributed by atoms with Gasteiger partial charge < -0.3 is 9.64 Å². The topological polar surface area (TPSA) is 36.3 Å². The lowest BCUT2D eigenvalue weighted by Gasteiger charge is -2.40. The second-order valence-corrected chi connectivity index (χ2v) is 10.8. The number of nitrogens with zero attached hydrogens (tertiary/aromatic N) is 2. The molecule has 3 nitrogen and oxygen atoms in total. The molecular weight excluding hydrogens is 392 g/mol. The van der Waals surface area contributed by atoms with Crippen molar-refractivity contribution < 1.29 is 4.74 Å². The fourth-order valence-electron chi connectivity index (χ4n) is 6.58. The van der Waals surface area contributed by atoms with Crippen molar-refractivity contribution in [1.29, 1.82) is 5.26 Å². The Morgan fingerprint density at radius 2 is 1.66 bits per heavy atom. The lowest BCUT2D eigenvalue weighted by atomic mass is 9.84. The van der Waals surface area contributed by atoms with Crippen LogP contribution in [0, 0.1) is 23.2 Å². The van der Waals surface area contributed by atoms with Crippen LogP contribution in [0.3, 0.4) is 0 Å². The minimum absolute atomic E-state index is 0.462.